The van der Waals surface area contributed by atoms with E-state index in [2.05, 4.69) is 10.3 Å². The van der Waals surface area contributed by atoms with Gasteiger partial charge in [-0.25, -0.2) is 9.37 Å². The van der Waals surface area contributed by atoms with Crippen molar-refractivity contribution < 1.29 is 9.18 Å². The number of fused-ring (bicyclic) bond motifs is 1. The van der Waals surface area contributed by atoms with E-state index in [-0.39, 0.29) is 18.0 Å². The van der Waals surface area contributed by atoms with Crippen LogP contribution in [0.2, 0.25) is 0 Å². The topological polar surface area (TPSA) is 71.2 Å². The molecular weight excluding hydrogens is 259 g/mol. The second kappa shape index (κ2) is 4.90. The summed E-state index contributed by atoms with van der Waals surface area (Å²) < 4.78 is 13.8. The van der Waals surface area contributed by atoms with Crippen LogP contribution < -0.4 is 16.0 Å². The van der Waals surface area contributed by atoms with Gasteiger partial charge in [-0.3, -0.25) is 9.69 Å². The van der Waals surface area contributed by atoms with Crippen LogP contribution in [-0.2, 0) is 4.79 Å². The van der Waals surface area contributed by atoms with E-state index in [9.17, 15) is 9.18 Å². The number of hydrogen-bond donors (Lipinski definition) is 2. The third-order valence-corrected chi connectivity index (χ3v) is 3.22. The largest absolute Gasteiger partial charge is 0.359 e. The number of carbonyl (C=O) groups is 1. The number of halogens is 1. The molecule has 1 aromatic carbocycles. The van der Waals surface area contributed by atoms with E-state index in [1.165, 1.54) is 11.0 Å². The van der Waals surface area contributed by atoms with Gasteiger partial charge in [0.05, 0.1) is 12.2 Å². The van der Waals surface area contributed by atoms with Crippen molar-refractivity contribution in [3.63, 3.8) is 0 Å². The number of carbonyl (C=O) groups excluding carboxylic acids is 1. The molecule has 5 nitrogen and oxygen atoms in total. The lowest BCUT2D eigenvalue weighted by atomic mass is 10.1. The van der Waals surface area contributed by atoms with Crippen LogP contribution >= 0.6 is 0 Å². The maximum atomic E-state index is 13.8. The van der Waals surface area contributed by atoms with Gasteiger partial charge in [0, 0.05) is 11.8 Å². The number of nitrogens with one attached hydrogen (secondary N) is 1. The summed E-state index contributed by atoms with van der Waals surface area (Å²) in [7, 11) is 0. The van der Waals surface area contributed by atoms with Crippen molar-refractivity contribution in [2.24, 2.45) is 5.73 Å². The minimum atomic E-state index is -0.881. The van der Waals surface area contributed by atoms with Crippen LogP contribution in [0.25, 0.3) is 0 Å². The highest BCUT2D eigenvalue weighted by Crippen LogP contribution is 2.32. The molecule has 2 aromatic rings. The van der Waals surface area contributed by atoms with Gasteiger partial charge in [0.25, 0.3) is 0 Å². The second-order valence-corrected chi connectivity index (χ2v) is 4.45. The van der Waals surface area contributed by atoms with Gasteiger partial charge in [0.1, 0.15) is 12.0 Å². The lowest BCUT2D eigenvalue weighted by molar-refractivity contribution is -0.117. The molecule has 1 amide bonds. The van der Waals surface area contributed by atoms with Crippen LogP contribution in [0.15, 0.2) is 42.6 Å². The number of hydrogen-bond acceptors (Lipinski definition) is 4. The fourth-order valence-electron chi connectivity index (χ4n) is 2.27. The molecule has 1 aliphatic rings. The monoisotopic (exact) mass is 272 g/mol. The first kappa shape index (κ1) is 12.6. The Morgan fingerprint density at radius 3 is 2.90 bits per heavy atom. The Morgan fingerprint density at radius 2 is 2.10 bits per heavy atom. The van der Waals surface area contributed by atoms with Gasteiger partial charge in [-0.1, -0.05) is 18.2 Å². The smallest absolute Gasteiger partial charge is 0.248 e. The Bertz CT molecular complexity index is 661. The summed E-state index contributed by atoms with van der Waals surface area (Å²) >= 11 is 0. The van der Waals surface area contributed by atoms with Crippen molar-refractivity contribution in [1.29, 1.82) is 0 Å². The van der Waals surface area contributed by atoms with Crippen LogP contribution in [0.3, 0.4) is 0 Å². The van der Waals surface area contributed by atoms with Gasteiger partial charge < -0.3 is 11.1 Å². The van der Waals surface area contributed by atoms with Crippen LogP contribution in [-0.4, -0.2) is 17.4 Å². The highest BCUT2D eigenvalue weighted by atomic mass is 19.1. The number of anilines is 2. The molecular formula is C14H13FN4O. The Kier molecular flexibility index (Phi) is 3.08. The summed E-state index contributed by atoms with van der Waals surface area (Å²) in [6, 6.07) is 9.61. The first-order chi connectivity index (χ1) is 9.68. The normalized spacial score (nSPS) is 15.5. The zero-order valence-corrected chi connectivity index (χ0v) is 10.6. The molecule has 3 rings (SSSR count). The molecule has 0 fully saturated rings. The standard InChI is InChI=1S/C14H13FN4O/c15-10-5-2-1-4-9(10)13(16)19-11-6-3-7-17-14(11)18-8-12(19)20/h1-7,13H,8,16H2,(H,17,18). The van der Waals surface area contributed by atoms with Crippen molar-refractivity contribution in [1.82, 2.24) is 4.98 Å². The summed E-state index contributed by atoms with van der Waals surface area (Å²) in [6.07, 6.45) is 0.739. The summed E-state index contributed by atoms with van der Waals surface area (Å²) in [4.78, 5) is 17.6. The lowest BCUT2D eigenvalue weighted by Gasteiger charge is -2.34. The van der Waals surface area contributed by atoms with Crippen LogP contribution in [0.4, 0.5) is 15.9 Å². The Morgan fingerprint density at radius 1 is 1.30 bits per heavy atom. The van der Waals surface area contributed by atoms with Gasteiger partial charge in [0.2, 0.25) is 5.91 Å². The number of aromatic nitrogens is 1. The third-order valence-electron chi connectivity index (χ3n) is 3.22. The SMILES string of the molecule is NC(c1ccccc1F)N1C(=O)CNc2ncccc21. The van der Waals surface area contributed by atoms with E-state index in [0.29, 0.717) is 11.5 Å². The molecule has 2 heterocycles. The highest BCUT2D eigenvalue weighted by molar-refractivity contribution is 6.02. The van der Waals surface area contributed by atoms with Gasteiger partial charge in [-0.2, -0.15) is 0 Å². The van der Waals surface area contributed by atoms with Gasteiger partial charge in [0.15, 0.2) is 5.82 Å². The van der Waals surface area contributed by atoms with E-state index >= 15 is 0 Å². The fourth-order valence-corrected chi connectivity index (χ4v) is 2.27. The average Bonchev–Trinajstić information content (AvgIpc) is 2.47. The van der Waals surface area contributed by atoms with Crippen LogP contribution in [0.1, 0.15) is 11.7 Å². The van der Waals surface area contributed by atoms with E-state index in [1.807, 2.05) is 0 Å². The zero-order chi connectivity index (χ0) is 14.1. The molecule has 1 atom stereocenters. The predicted octanol–water partition coefficient (Wildman–Crippen LogP) is 1.64. The van der Waals surface area contributed by atoms with E-state index < -0.39 is 12.0 Å². The maximum Gasteiger partial charge on any atom is 0.248 e. The van der Waals surface area contributed by atoms with Crippen molar-refractivity contribution in [2.75, 3.05) is 16.8 Å². The van der Waals surface area contributed by atoms with E-state index in [0.717, 1.165) is 0 Å². The molecule has 0 bridgehead atoms. The molecule has 0 saturated heterocycles. The van der Waals surface area contributed by atoms with E-state index in [1.54, 1.807) is 36.5 Å². The van der Waals surface area contributed by atoms with E-state index in [4.69, 9.17) is 5.73 Å². The van der Waals surface area contributed by atoms with Crippen LogP contribution in [0, 0.1) is 5.82 Å². The van der Waals surface area contributed by atoms with Gasteiger partial charge in [-0.15, -0.1) is 0 Å². The summed E-state index contributed by atoms with van der Waals surface area (Å²) in [6.45, 7) is 0.0895. The molecule has 0 aliphatic carbocycles. The lowest BCUT2D eigenvalue weighted by Crippen LogP contribution is -2.46. The maximum absolute atomic E-state index is 13.8. The number of nitrogens with zero attached hydrogens (tertiary/aromatic N) is 2. The summed E-state index contributed by atoms with van der Waals surface area (Å²) in [5.74, 6) is -0.0862. The van der Waals surface area contributed by atoms with Gasteiger partial charge >= 0.3 is 0 Å². The quantitative estimate of drug-likeness (QED) is 0.871. The average molecular weight is 272 g/mol. The molecule has 0 spiro atoms. The third kappa shape index (κ3) is 2.00. The molecule has 3 N–H and O–H groups in total. The summed E-state index contributed by atoms with van der Waals surface area (Å²) in [5, 5.41) is 2.91. The van der Waals surface area contributed by atoms with Gasteiger partial charge in [-0.05, 0) is 18.2 Å². The Hall–Kier alpha value is -2.47. The summed E-state index contributed by atoms with van der Waals surface area (Å²) in [5.41, 5.74) is 6.92. The Labute approximate surface area is 115 Å². The molecule has 0 saturated carbocycles. The van der Waals surface area contributed by atoms with Crippen LogP contribution in [0.5, 0.6) is 0 Å². The first-order valence-electron chi connectivity index (χ1n) is 6.19. The molecule has 0 radical (unpaired) electrons. The minimum absolute atomic E-state index is 0.0895. The zero-order valence-electron chi connectivity index (χ0n) is 10.6. The van der Waals surface area contributed by atoms with Crippen molar-refractivity contribution in [3.8, 4) is 0 Å². The van der Waals surface area contributed by atoms with Crippen molar-refractivity contribution in [2.45, 2.75) is 6.17 Å². The van der Waals surface area contributed by atoms with Crippen molar-refractivity contribution >= 4 is 17.4 Å². The van der Waals surface area contributed by atoms with Crippen molar-refractivity contribution in [3.05, 3.63) is 54.0 Å². The highest BCUT2D eigenvalue weighted by Gasteiger charge is 2.30. The fraction of sp³-hybridized carbons (Fsp3) is 0.143. The number of nitrogens with two attached hydrogens (primary N) is 1. The number of amides is 1. The first-order valence-corrected chi connectivity index (χ1v) is 6.19. The number of benzene rings is 1. The second-order valence-electron chi connectivity index (χ2n) is 4.45. The Balaban J connectivity index is 2.05. The molecule has 6 heteroatoms. The predicted molar refractivity (Wildman–Crippen MR) is 73.5 cm³/mol. The minimum Gasteiger partial charge on any atom is -0.359 e. The molecule has 20 heavy (non-hydrogen) atoms. The molecule has 1 aliphatic heterocycles. The number of pyridine rings is 1. The molecule has 1 aromatic heterocycles. The number of rotatable bonds is 2. The molecule has 1 unspecified atom stereocenters. The molecule has 102 valence electrons.